The number of carbonyl (C=O) groups excluding carboxylic acids is 1. The number of hydrogen-bond acceptors (Lipinski definition) is 5. The van der Waals surface area contributed by atoms with Crippen LogP contribution in [0.15, 0.2) is 47.6 Å². The van der Waals surface area contributed by atoms with Crippen LogP contribution in [0.1, 0.15) is 166 Å². The number of hydrogen-bond donors (Lipinski definition) is 1. The van der Waals surface area contributed by atoms with Crippen LogP contribution >= 0.6 is 0 Å². The number of unbranched alkanes of at least 4 members (excludes halogenated alkanes) is 5. The van der Waals surface area contributed by atoms with E-state index in [4.69, 9.17) is 20.2 Å². The maximum Gasteiger partial charge on any atom is 0.333 e. The van der Waals surface area contributed by atoms with Crippen molar-refractivity contribution in [3.05, 3.63) is 47.6 Å². The van der Waals surface area contributed by atoms with Gasteiger partial charge >= 0.3 is 5.97 Å². The summed E-state index contributed by atoms with van der Waals surface area (Å²) in [6, 6.07) is 0. The topological polar surface area (TPSA) is 65.0 Å². The first kappa shape index (κ1) is 49.1. The summed E-state index contributed by atoms with van der Waals surface area (Å²) < 4.78 is 19.6. The lowest BCUT2D eigenvalue weighted by molar-refractivity contribution is -0.139. The minimum Gasteiger partial charge on any atom is -0.463 e. The van der Waals surface area contributed by atoms with Gasteiger partial charge in [0, 0.05) is 17.9 Å². The highest BCUT2D eigenvalue weighted by molar-refractivity contribution is 6.74. The predicted molar refractivity (Wildman–Crippen MR) is 244 cm³/mol. The van der Waals surface area contributed by atoms with Crippen LogP contribution in [-0.2, 0) is 18.4 Å². The van der Waals surface area contributed by atoms with Crippen LogP contribution < -0.4 is 0 Å². The van der Waals surface area contributed by atoms with Crippen LogP contribution in [0.3, 0.4) is 0 Å². The fraction of sp³-hybridized carbons (Fsp3) is 0.816. The van der Waals surface area contributed by atoms with E-state index in [0.717, 1.165) is 44.1 Å². The number of ether oxygens (including phenoxy) is 1. The molecule has 3 aliphatic carbocycles. The molecule has 2 unspecified atom stereocenters. The molecule has 0 saturated heterocycles. The Labute approximate surface area is 348 Å². The molecule has 5 nitrogen and oxygen atoms in total. The first-order chi connectivity index (χ1) is 25.9. The van der Waals surface area contributed by atoms with Crippen molar-refractivity contribution in [2.24, 2.45) is 29.1 Å². The molecule has 0 aromatic heterocycles. The molecule has 56 heavy (non-hydrogen) atoms. The quantitative estimate of drug-likeness (QED) is 0.0609. The molecule has 322 valence electrons. The van der Waals surface area contributed by atoms with Crippen LogP contribution in [0.2, 0.25) is 36.3 Å². The van der Waals surface area contributed by atoms with Crippen LogP contribution in [0.25, 0.3) is 0 Å². The van der Waals surface area contributed by atoms with Gasteiger partial charge in [-0.15, -0.1) is 0 Å². The van der Waals surface area contributed by atoms with E-state index in [-0.39, 0.29) is 39.6 Å². The number of aliphatic hydroxyl groups is 1. The standard InChI is InChI=1S/C49H88O5Si2/c1-17-19-20-21-22-23-26-41(37(5)46(51)52-18-2)44(50)32-35(3)42-29-30-43-38(25-24-31-49(42,43)12)27-28-39-33-40(53-55(13,14)47(6,7)8)34-45(36(39)4)54-56(15,16)48(9,10)11/h27-28,35,40-45,50H,4-5,17-26,29-34H2,1-3,6-16H3/b38-27+,39-28-/t35-,40-,41?,42-,43+,44?,45+,49-/m1/s1. The molecule has 7 heteroatoms. The summed E-state index contributed by atoms with van der Waals surface area (Å²) in [5.74, 6) is 0.813. The minimum atomic E-state index is -2.03. The van der Waals surface area contributed by atoms with Gasteiger partial charge in [-0.05, 0) is 129 Å². The summed E-state index contributed by atoms with van der Waals surface area (Å²) in [4.78, 5) is 12.9. The van der Waals surface area contributed by atoms with Gasteiger partial charge in [0.2, 0.25) is 0 Å². The van der Waals surface area contributed by atoms with E-state index in [9.17, 15) is 9.90 Å². The summed E-state index contributed by atoms with van der Waals surface area (Å²) in [7, 11) is -4.01. The molecule has 3 rings (SSSR count). The van der Waals surface area contributed by atoms with Crippen LogP contribution in [0.5, 0.6) is 0 Å². The van der Waals surface area contributed by atoms with Crippen LogP contribution in [0, 0.1) is 29.1 Å². The van der Waals surface area contributed by atoms with E-state index < -0.39 is 22.7 Å². The number of esters is 1. The number of fused-ring (bicyclic) bond motifs is 1. The molecule has 0 aliphatic heterocycles. The second kappa shape index (κ2) is 20.3. The monoisotopic (exact) mass is 813 g/mol. The van der Waals surface area contributed by atoms with Gasteiger partial charge < -0.3 is 18.7 Å². The second-order valence-electron chi connectivity index (χ2n) is 21.6. The average molecular weight is 813 g/mol. The molecule has 0 heterocycles. The zero-order valence-corrected chi connectivity index (χ0v) is 41.0. The van der Waals surface area contributed by atoms with Crippen molar-refractivity contribution in [1.82, 2.24) is 0 Å². The molecule has 3 saturated carbocycles. The zero-order chi connectivity index (χ0) is 42.3. The Hall–Kier alpha value is -1.26. The molecule has 0 bridgehead atoms. The third kappa shape index (κ3) is 12.4. The molecular weight excluding hydrogens is 725 g/mol. The molecule has 0 radical (unpaired) electrons. The SMILES string of the molecule is C=C(C(=O)OCC)C(CCCCCCCC)C(O)C[C@@H](C)[C@H]1CC[C@H]2/C(=C/C=C3/C[C@@H](O[Si](C)(C)C(C)(C)C)C[C@H](O[Si](C)(C)C(C)(C)C)C3=C)CCC[C@]12C. The first-order valence-corrected chi connectivity index (χ1v) is 28.7. The Balaban J connectivity index is 1.83. The Morgan fingerprint density at radius 3 is 2.16 bits per heavy atom. The highest BCUT2D eigenvalue weighted by atomic mass is 28.4. The fourth-order valence-electron chi connectivity index (χ4n) is 9.81. The van der Waals surface area contributed by atoms with Crippen molar-refractivity contribution >= 4 is 22.6 Å². The molecule has 0 amide bonds. The van der Waals surface area contributed by atoms with Crippen LogP contribution in [0.4, 0.5) is 0 Å². The Kier molecular flexibility index (Phi) is 17.8. The van der Waals surface area contributed by atoms with Gasteiger partial charge in [-0.2, -0.15) is 0 Å². The number of carbonyl (C=O) groups is 1. The molecule has 0 spiro atoms. The summed E-state index contributed by atoms with van der Waals surface area (Å²) in [6.45, 7) is 41.6. The number of allylic oxidation sites excluding steroid dienone is 3. The third-order valence-electron chi connectivity index (χ3n) is 15.4. The highest BCUT2D eigenvalue weighted by Crippen LogP contribution is 2.60. The van der Waals surface area contributed by atoms with Gasteiger partial charge in [0.1, 0.15) is 0 Å². The van der Waals surface area contributed by atoms with Crippen molar-refractivity contribution in [2.45, 2.75) is 220 Å². The predicted octanol–water partition coefficient (Wildman–Crippen LogP) is 14.1. The van der Waals surface area contributed by atoms with E-state index in [1.165, 1.54) is 56.9 Å². The van der Waals surface area contributed by atoms with E-state index in [1.807, 2.05) is 6.92 Å². The summed E-state index contributed by atoms with van der Waals surface area (Å²) >= 11 is 0. The van der Waals surface area contributed by atoms with E-state index in [2.05, 4.69) is 107 Å². The van der Waals surface area contributed by atoms with Gasteiger partial charge in [0.25, 0.3) is 0 Å². The summed E-state index contributed by atoms with van der Waals surface area (Å²) in [5, 5.41) is 12.1. The first-order valence-electron chi connectivity index (χ1n) is 22.9. The molecule has 3 fully saturated rings. The molecular formula is C49H88O5Si2. The normalized spacial score (nSPS) is 28.3. The van der Waals surface area contributed by atoms with Gasteiger partial charge in [-0.25, -0.2) is 4.79 Å². The minimum absolute atomic E-state index is 0.0198. The third-order valence-corrected chi connectivity index (χ3v) is 24.4. The average Bonchev–Trinajstić information content (AvgIpc) is 3.44. The van der Waals surface area contributed by atoms with Crippen molar-refractivity contribution in [3.8, 4) is 0 Å². The van der Waals surface area contributed by atoms with Crippen molar-refractivity contribution in [2.75, 3.05) is 6.61 Å². The maximum absolute atomic E-state index is 12.9. The number of aliphatic hydroxyl groups excluding tert-OH is 1. The highest BCUT2D eigenvalue weighted by Gasteiger charge is 2.51. The lowest BCUT2D eigenvalue weighted by atomic mass is 9.60. The van der Waals surface area contributed by atoms with E-state index in [1.54, 1.807) is 5.57 Å². The van der Waals surface area contributed by atoms with Crippen molar-refractivity contribution < 1.29 is 23.5 Å². The lowest BCUT2D eigenvalue weighted by Gasteiger charge is -2.46. The van der Waals surface area contributed by atoms with E-state index in [0.29, 0.717) is 36.4 Å². The lowest BCUT2D eigenvalue weighted by Crippen LogP contribution is -2.49. The summed E-state index contributed by atoms with van der Waals surface area (Å²) in [5.41, 5.74) is 4.67. The zero-order valence-electron chi connectivity index (χ0n) is 39.0. The van der Waals surface area contributed by atoms with E-state index >= 15 is 0 Å². The molecule has 8 atom stereocenters. The van der Waals surface area contributed by atoms with Gasteiger partial charge in [-0.3, -0.25) is 0 Å². The number of rotatable bonds is 19. The molecule has 0 aromatic carbocycles. The smallest absolute Gasteiger partial charge is 0.333 e. The van der Waals surface area contributed by atoms with Gasteiger partial charge in [-0.1, -0.05) is 132 Å². The Bertz CT molecular complexity index is 1380. The Morgan fingerprint density at radius 2 is 1.55 bits per heavy atom. The van der Waals surface area contributed by atoms with Gasteiger partial charge in [0.15, 0.2) is 16.6 Å². The van der Waals surface area contributed by atoms with Crippen LogP contribution in [-0.4, -0.2) is 52.6 Å². The molecule has 0 aromatic rings. The maximum atomic E-state index is 12.9. The van der Waals surface area contributed by atoms with Gasteiger partial charge in [0.05, 0.1) is 24.9 Å². The molecule has 1 N–H and O–H groups in total. The Morgan fingerprint density at radius 1 is 0.946 bits per heavy atom. The second-order valence-corrected chi connectivity index (χ2v) is 31.1. The summed E-state index contributed by atoms with van der Waals surface area (Å²) in [6.07, 6.45) is 20.7. The van der Waals surface area contributed by atoms with Crippen molar-refractivity contribution in [3.63, 3.8) is 0 Å². The largest absolute Gasteiger partial charge is 0.463 e. The van der Waals surface area contributed by atoms with Crippen molar-refractivity contribution in [1.29, 1.82) is 0 Å². The fourth-order valence-corrected chi connectivity index (χ4v) is 12.5. The molecule has 3 aliphatic rings.